The minimum Gasteiger partial charge on any atom is -0.492 e. The maximum absolute atomic E-state index is 12.1. The van der Waals surface area contributed by atoms with Gasteiger partial charge in [-0.1, -0.05) is 6.07 Å². The van der Waals surface area contributed by atoms with E-state index in [0.29, 0.717) is 56.7 Å². The number of ether oxygens (including phenoxy) is 2. The molecule has 1 heterocycles. The number of anilines is 1. The molecule has 160 valence electrons. The van der Waals surface area contributed by atoms with Gasteiger partial charge in [0.25, 0.3) is 0 Å². The molecule has 9 nitrogen and oxygen atoms in total. The summed E-state index contributed by atoms with van der Waals surface area (Å²) in [4.78, 5) is 31.2. The van der Waals surface area contributed by atoms with E-state index in [9.17, 15) is 9.59 Å². The van der Waals surface area contributed by atoms with Gasteiger partial charge in [-0.15, -0.1) is 0 Å². The number of carbonyl (C=O) groups is 2. The summed E-state index contributed by atoms with van der Waals surface area (Å²) in [5, 5.41) is 2.71. The number of rotatable bonds is 5. The SMILES string of the molecule is CC(=O)Nc1cccc(OCCN=C(N)N2CCN(C(=O)OC(C)(C)C)CC2)c1. The Morgan fingerprint density at radius 2 is 1.83 bits per heavy atom. The molecule has 1 aromatic rings. The normalized spacial score (nSPS) is 15.1. The average molecular weight is 405 g/mol. The van der Waals surface area contributed by atoms with Crippen molar-refractivity contribution in [2.45, 2.75) is 33.3 Å². The zero-order chi connectivity index (χ0) is 21.4. The first-order valence-corrected chi connectivity index (χ1v) is 9.67. The molecule has 0 aromatic heterocycles. The standard InChI is InChI=1S/C20H31N5O4/c1-15(26)23-16-6-5-7-17(14-16)28-13-8-22-18(21)24-9-11-25(12-10-24)19(27)29-20(2,3)4/h5-7,14H,8-13H2,1-4H3,(H2,21,22)(H,23,26). The van der Waals surface area contributed by atoms with E-state index < -0.39 is 5.60 Å². The minimum absolute atomic E-state index is 0.133. The number of piperazine rings is 1. The lowest BCUT2D eigenvalue weighted by Crippen LogP contribution is -2.53. The molecule has 9 heteroatoms. The summed E-state index contributed by atoms with van der Waals surface area (Å²) < 4.78 is 11.1. The highest BCUT2D eigenvalue weighted by Gasteiger charge is 2.26. The van der Waals surface area contributed by atoms with Gasteiger partial charge >= 0.3 is 6.09 Å². The minimum atomic E-state index is -0.504. The van der Waals surface area contributed by atoms with Crippen LogP contribution in [0.5, 0.6) is 5.75 Å². The van der Waals surface area contributed by atoms with Gasteiger partial charge in [-0.3, -0.25) is 4.79 Å². The molecular formula is C20H31N5O4. The first-order chi connectivity index (χ1) is 13.6. The van der Waals surface area contributed by atoms with Gasteiger partial charge in [0.2, 0.25) is 5.91 Å². The number of nitrogens with one attached hydrogen (secondary N) is 1. The van der Waals surface area contributed by atoms with Crippen molar-refractivity contribution in [3.63, 3.8) is 0 Å². The van der Waals surface area contributed by atoms with Crippen molar-refractivity contribution in [3.8, 4) is 5.75 Å². The molecule has 1 aromatic carbocycles. The van der Waals surface area contributed by atoms with Crippen LogP contribution in [0.2, 0.25) is 0 Å². The van der Waals surface area contributed by atoms with Crippen LogP contribution in [-0.2, 0) is 9.53 Å². The van der Waals surface area contributed by atoms with Crippen LogP contribution in [0.4, 0.5) is 10.5 Å². The monoisotopic (exact) mass is 405 g/mol. The van der Waals surface area contributed by atoms with Crippen molar-refractivity contribution in [1.29, 1.82) is 0 Å². The Balaban J connectivity index is 1.74. The zero-order valence-electron chi connectivity index (χ0n) is 17.6. The molecule has 1 fully saturated rings. The third-order valence-electron chi connectivity index (χ3n) is 4.04. The van der Waals surface area contributed by atoms with Crippen LogP contribution in [0.3, 0.4) is 0 Å². The molecule has 0 aliphatic carbocycles. The van der Waals surface area contributed by atoms with E-state index >= 15 is 0 Å². The fourth-order valence-corrected chi connectivity index (χ4v) is 2.74. The largest absolute Gasteiger partial charge is 0.492 e. The summed E-state index contributed by atoms with van der Waals surface area (Å²) in [5.41, 5.74) is 6.25. The van der Waals surface area contributed by atoms with Crippen molar-refractivity contribution in [1.82, 2.24) is 9.80 Å². The molecule has 2 rings (SSSR count). The number of hydrogen-bond acceptors (Lipinski definition) is 5. The summed E-state index contributed by atoms with van der Waals surface area (Å²) in [6.45, 7) is 10.1. The number of amides is 2. The molecule has 0 spiro atoms. The Morgan fingerprint density at radius 1 is 1.17 bits per heavy atom. The molecule has 29 heavy (non-hydrogen) atoms. The second-order valence-corrected chi connectivity index (χ2v) is 7.75. The Kier molecular flexibility index (Phi) is 7.69. The smallest absolute Gasteiger partial charge is 0.410 e. The van der Waals surface area contributed by atoms with Crippen LogP contribution in [-0.4, -0.2) is 72.7 Å². The van der Waals surface area contributed by atoms with E-state index in [1.54, 1.807) is 17.0 Å². The molecular weight excluding hydrogens is 374 g/mol. The lowest BCUT2D eigenvalue weighted by Gasteiger charge is -2.36. The van der Waals surface area contributed by atoms with Gasteiger partial charge in [0, 0.05) is 44.9 Å². The Bertz CT molecular complexity index is 737. The Labute approximate surface area is 171 Å². The van der Waals surface area contributed by atoms with Crippen molar-refractivity contribution in [3.05, 3.63) is 24.3 Å². The first kappa shape index (κ1) is 22.3. The number of nitrogens with zero attached hydrogens (tertiary/aromatic N) is 3. The van der Waals surface area contributed by atoms with Crippen molar-refractivity contribution in [2.75, 3.05) is 44.6 Å². The van der Waals surface area contributed by atoms with E-state index in [1.165, 1.54) is 6.92 Å². The summed E-state index contributed by atoms with van der Waals surface area (Å²) in [7, 11) is 0. The molecule has 0 bridgehead atoms. The van der Waals surface area contributed by atoms with Crippen molar-refractivity contribution in [2.24, 2.45) is 10.7 Å². The highest BCUT2D eigenvalue weighted by molar-refractivity contribution is 5.88. The quantitative estimate of drug-likeness (QED) is 0.440. The van der Waals surface area contributed by atoms with Gasteiger partial charge in [0.05, 0.1) is 6.54 Å². The van der Waals surface area contributed by atoms with Gasteiger partial charge in [0.1, 0.15) is 18.0 Å². The number of carbonyl (C=O) groups excluding carboxylic acids is 2. The molecule has 1 aliphatic rings. The van der Waals surface area contributed by atoms with E-state index in [-0.39, 0.29) is 12.0 Å². The van der Waals surface area contributed by atoms with Crippen LogP contribution in [0.15, 0.2) is 29.3 Å². The van der Waals surface area contributed by atoms with E-state index in [2.05, 4.69) is 10.3 Å². The molecule has 1 aliphatic heterocycles. The molecule has 2 amide bonds. The van der Waals surface area contributed by atoms with E-state index in [0.717, 1.165) is 0 Å². The Hall–Kier alpha value is -2.97. The zero-order valence-corrected chi connectivity index (χ0v) is 17.6. The average Bonchev–Trinajstić information content (AvgIpc) is 2.63. The van der Waals surface area contributed by atoms with Crippen LogP contribution in [0, 0.1) is 0 Å². The predicted molar refractivity (Wildman–Crippen MR) is 112 cm³/mol. The van der Waals surface area contributed by atoms with Crippen LogP contribution in [0.25, 0.3) is 0 Å². The van der Waals surface area contributed by atoms with Crippen molar-refractivity contribution < 1.29 is 19.1 Å². The summed E-state index contributed by atoms with van der Waals surface area (Å²) >= 11 is 0. The maximum atomic E-state index is 12.1. The molecule has 3 N–H and O–H groups in total. The fourth-order valence-electron chi connectivity index (χ4n) is 2.74. The van der Waals surface area contributed by atoms with Crippen LogP contribution >= 0.6 is 0 Å². The third-order valence-corrected chi connectivity index (χ3v) is 4.04. The van der Waals surface area contributed by atoms with Gasteiger partial charge < -0.3 is 30.3 Å². The lowest BCUT2D eigenvalue weighted by atomic mass is 10.2. The van der Waals surface area contributed by atoms with Gasteiger partial charge in [-0.25, -0.2) is 9.79 Å². The second-order valence-electron chi connectivity index (χ2n) is 7.75. The first-order valence-electron chi connectivity index (χ1n) is 9.67. The lowest BCUT2D eigenvalue weighted by molar-refractivity contribution is -0.114. The van der Waals surface area contributed by atoms with E-state index in [4.69, 9.17) is 15.2 Å². The van der Waals surface area contributed by atoms with Crippen LogP contribution in [0.1, 0.15) is 27.7 Å². The molecule has 0 atom stereocenters. The van der Waals surface area contributed by atoms with Gasteiger partial charge in [0.15, 0.2) is 5.96 Å². The molecule has 0 saturated carbocycles. The van der Waals surface area contributed by atoms with Crippen molar-refractivity contribution >= 4 is 23.6 Å². The fraction of sp³-hybridized carbons (Fsp3) is 0.550. The van der Waals surface area contributed by atoms with Gasteiger partial charge in [-0.05, 0) is 32.9 Å². The van der Waals surface area contributed by atoms with Crippen LogP contribution < -0.4 is 15.8 Å². The topological polar surface area (TPSA) is 109 Å². The van der Waals surface area contributed by atoms with Gasteiger partial charge in [-0.2, -0.15) is 0 Å². The summed E-state index contributed by atoms with van der Waals surface area (Å²) in [6.07, 6.45) is -0.303. The third kappa shape index (κ3) is 7.89. The molecule has 0 radical (unpaired) electrons. The highest BCUT2D eigenvalue weighted by Crippen LogP contribution is 2.17. The Morgan fingerprint density at radius 3 is 2.45 bits per heavy atom. The maximum Gasteiger partial charge on any atom is 0.410 e. The number of aliphatic imine (C=N–C) groups is 1. The number of guanidine groups is 1. The molecule has 1 saturated heterocycles. The predicted octanol–water partition coefficient (Wildman–Crippen LogP) is 1.89. The summed E-state index contributed by atoms with van der Waals surface area (Å²) in [6, 6.07) is 7.17. The number of benzene rings is 1. The highest BCUT2D eigenvalue weighted by atomic mass is 16.6. The second kappa shape index (κ2) is 9.99. The van der Waals surface area contributed by atoms with E-state index in [1.807, 2.05) is 37.8 Å². The number of hydrogen-bond donors (Lipinski definition) is 2. The number of nitrogens with two attached hydrogens (primary N) is 1. The molecule has 0 unspecified atom stereocenters. The summed E-state index contributed by atoms with van der Waals surface area (Å²) in [5.74, 6) is 0.951.